The highest BCUT2D eigenvalue weighted by Crippen LogP contribution is 2.10. The SMILES string of the molecule is CCCc1ccc(NCCn2c(=O)[nH]c3ccccc3c2=O)cc1. The molecule has 0 aliphatic carbocycles. The maximum atomic E-state index is 12.4. The highest BCUT2D eigenvalue weighted by atomic mass is 16.2. The average molecular weight is 323 g/mol. The van der Waals surface area contributed by atoms with Gasteiger partial charge in [0.05, 0.1) is 10.9 Å². The molecule has 24 heavy (non-hydrogen) atoms. The van der Waals surface area contributed by atoms with E-state index in [9.17, 15) is 9.59 Å². The van der Waals surface area contributed by atoms with Gasteiger partial charge in [0.25, 0.3) is 5.56 Å². The maximum Gasteiger partial charge on any atom is 0.328 e. The van der Waals surface area contributed by atoms with Crippen LogP contribution in [0.4, 0.5) is 5.69 Å². The first-order chi connectivity index (χ1) is 11.7. The third-order valence-electron chi connectivity index (χ3n) is 4.05. The molecule has 0 spiro atoms. The minimum atomic E-state index is -0.376. The first kappa shape index (κ1) is 16.1. The topological polar surface area (TPSA) is 66.9 Å². The van der Waals surface area contributed by atoms with Crippen molar-refractivity contribution in [2.24, 2.45) is 0 Å². The van der Waals surface area contributed by atoms with Crippen LogP contribution >= 0.6 is 0 Å². The first-order valence-electron chi connectivity index (χ1n) is 8.23. The molecule has 3 aromatic rings. The lowest BCUT2D eigenvalue weighted by molar-refractivity contribution is 0.660. The second-order valence-corrected chi connectivity index (χ2v) is 5.81. The number of hydrogen-bond acceptors (Lipinski definition) is 3. The summed E-state index contributed by atoms with van der Waals surface area (Å²) < 4.78 is 1.24. The second kappa shape index (κ2) is 7.17. The number of nitrogens with zero attached hydrogens (tertiary/aromatic N) is 1. The molecule has 0 saturated carbocycles. The molecule has 3 rings (SSSR count). The van der Waals surface area contributed by atoms with Gasteiger partial charge in [0.1, 0.15) is 0 Å². The fourth-order valence-corrected chi connectivity index (χ4v) is 2.79. The van der Waals surface area contributed by atoms with Crippen LogP contribution in [-0.4, -0.2) is 16.1 Å². The molecule has 0 bridgehead atoms. The minimum absolute atomic E-state index is 0.255. The number of aromatic nitrogens is 2. The largest absolute Gasteiger partial charge is 0.383 e. The third-order valence-corrected chi connectivity index (χ3v) is 4.05. The minimum Gasteiger partial charge on any atom is -0.383 e. The lowest BCUT2D eigenvalue weighted by Gasteiger charge is -2.09. The monoisotopic (exact) mass is 323 g/mol. The normalized spacial score (nSPS) is 10.9. The molecular formula is C19H21N3O2. The van der Waals surface area contributed by atoms with Crippen molar-refractivity contribution >= 4 is 16.6 Å². The molecular weight excluding hydrogens is 302 g/mol. The molecule has 2 N–H and O–H groups in total. The van der Waals surface area contributed by atoms with E-state index >= 15 is 0 Å². The summed E-state index contributed by atoms with van der Waals surface area (Å²) in [6.45, 7) is 2.98. The summed E-state index contributed by atoms with van der Waals surface area (Å²) in [5.74, 6) is 0. The number of hydrogen-bond donors (Lipinski definition) is 2. The zero-order valence-corrected chi connectivity index (χ0v) is 13.7. The third kappa shape index (κ3) is 3.40. The fourth-order valence-electron chi connectivity index (χ4n) is 2.79. The number of fused-ring (bicyclic) bond motifs is 1. The summed E-state index contributed by atoms with van der Waals surface area (Å²) in [6.07, 6.45) is 2.20. The predicted molar refractivity (Wildman–Crippen MR) is 97.8 cm³/mol. The molecule has 2 aromatic carbocycles. The Labute approximate surface area is 140 Å². The summed E-state index contributed by atoms with van der Waals surface area (Å²) in [7, 11) is 0. The molecule has 0 fully saturated rings. The Morgan fingerprint density at radius 2 is 1.79 bits per heavy atom. The average Bonchev–Trinajstić information content (AvgIpc) is 2.59. The van der Waals surface area contributed by atoms with Crippen LogP contribution < -0.4 is 16.6 Å². The van der Waals surface area contributed by atoms with Gasteiger partial charge < -0.3 is 10.3 Å². The van der Waals surface area contributed by atoms with Gasteiger partial charge in [0.2, 0.25) is 0 Å². The number of para-hydroxylation sites is 1. The zero-order chi connectivity index (χ0) is 16.9. The summed E-state index contributed by atoms with van der Waals surface area (Å²) in [4.78, 5) is 27.3. The summed E-state index contributed by atoms with van der Waals surface area (Å²) in [5.41, 5.74) is 2.24. The first-order valence-corrected chi connectivity index (χ1v) is 8.23. The van der Waals surface area contributed by atoms with Crippen LogP contribution in [-0.2, 0) is 13.0 Å². The van der Waals surface area contributed by atoms with Crippen LogP contribution in [0, 0.1) is 0 Å². The Balaban J connectivity index is 1.72. The van der Waals surface area contributed by atoms with Crippen LogP contribution in [0.25, 0.3) is 10.9 Å². The lowest BCUT2D eigenvalue weighted by atomic mass is 10.1. The van der Waals surface area contributed by atoms with E-state index in [0.29, 0.717) is 24.0 Å². The molecule has 0 amide bonds. The van der Waals surface area contributed by atoms with Crippen LogP contribution in [0.15, 0.2) is 58.1 Å². The van der Waals surface area contributed by atoms with Crippen LogP contribution in [0.3, 0.4) is 0 Å². The lowest BCUT2D eigenvalue weighted by Crippen LogP contribution is -2.36. The van der Waals surface area contributed by atoms with Crippen molar-refractivity contribution in [1.29, 1.82) is 0 Å². The molecule has 0 aliphatic rings. The van der Waals surface area contributed by atoms with Gasteiger partial charge in [-0.1, -0.05) is 37.6 Å². The number of aryl methyl sites for hydroxylation is 1. The van der Waals surface area contributed by atoms with Crippen molar-refractivity contribution in [1.82, 2.24) is 9.55 Å². The van der Waals surface area contributed by atoms with Crippen LogP contribution in [0.1, 0.15) is 18.9 Å². The van der Waals surface area contributed by atoms with E-state index in [2.05, 4.69) is 29.4 Å². The highest BCUT2D eigenvalue weighted by molar-refractivity contribution is 5.76. The number of aromatic amines is 1. The van der Waals surface area contributed by atoms with Crippen molar-refractivity contribution in [3.8, 4) is 0 Å². The fraction of sp³-hybridized carbons (Fsp3) is 0.263. The van der Waals surface area contributed by atoms with Gasteiger partial charge >= 0.3 is 5.69 Å². The second-order valence-electron chi connectivity index (χ2n) is 5.81. The van der Waals surface area contributed by atoms with Gasteiger partial charge in [-0.3, -0.25) is 9.36 Å². The van der Waals surface area contributed by atoms with Crippen molar-refractivity contribution in [3.63, 3.8) is 0 Å². The zero-order valence-electron chi connectivity index (χ0n) is 13.7. The van der Waals surface area contributed by atoms with Gasteiger partial charge in [-0.15, -0.1) is 0 Å². The van der Waals surface area contributed by atoms with Gasteiger partial charge in [-0.05, 0) is 36.2 Å². The Morgan fingerprint density at radius 3 is 2.54 bits per heavy atom. The Hall–Kier alpha value is -2.82. The standard InChI is InChI=1S/C19H21N3O2/c1-2-5-14-8-10-15(11-9-14)20-12-13-22-18(23)16-6-3-4-7-17(16)21-19(22)24/h3-4,6-11,20H,2,5,12-13H2,1H3,(H,21,24). The van der Waals surface area contributed by atoms with Crippen molar-refractivity contribution < 1.29 is 0 Å². The van der Waals surface area contributed by atoms with Gasteiger partial charge in [0.15, 0.2) is 0 Å². The molecule has 5 heteroatoms. The Kier molecular flexibility index (Phi) is 4.79. The Bertz CT molecular complexity index is 939. The molecule has 1 aromatic heterocycles. The molecule has 124 valence electrons. The van der Waals surface area contributed by atoms with Gasteiger partial charge in [-0.25, -0.2) is 4.79 Å². The van der Waals surface area contributed by atoms with Crippen molar-refractivity contribution in [2.45, 2.75) is 26.3 Å². The molecule has 1 heterocycles. The molecule has 0 unspecified atom stereocenters. The van der Waals surface area contributed by atoms with E-state index in [4.69, 9.17) is 0 Å². The van der Waals surface area contributed by atoms with Crippen LogP contribution in [0.2, 0.25) is 0 Å². The van der Waals surface area contributed by atoms with E-state index in [1.807, 2.05) is 12.1 Å². The molecule has 5 nitrogen and oxygen atoms in total. The van der Waals surface area contributed by atoms with Crippen molar-refractivity contribution in [2.75, 3.05) is 11.9 Å². The number of rotatable bonds is 6. The van der Waals surface area contributed by atoms with Gasteiger partial charge in [-0.2, -0.15) is 0 Å². The summed E-state index contributed by atoms with van der Waals surface area (Å²) >= 11 is 0. The molecule has 0 atom stereocenters. The van der Waals surface area contributed by atoms with E-state index in [1.165, 1.54) is 10.1 Å². The molecule has 0 aliphatic heterocycles. The number of anilines is 1. The van der Waals surface area contributed by atoms with Gasteiger partial charge in [0, 0.05) is 18.8 Å². The summed E-state index contributed by atoms with van der Waals surface area (Å²) in [6, 6.07) is 15.3. The molecule has 0 saturated heterocycles. The van der Waals surface area contributed by atoms with E-state index < -0.39 is 0 Å². The number of benzene rings is 2. The smallest absolute Gasteiger partial charge is 0.328 e. The predicted octanol–water partition coefficient (Wildman–Crippen LogP) is 2.75. The quantitative estimate of drug-likeness (QED) is 0.733. The van der Waals surface area contributed by atoms with E-state index in [-0.39, 0.29) is 11.2 Å². The van der Waals surface area contributed by atoms with Crippen LogP contribution in [0.5, 0.6) is 0 Å². The van der Waals surface area contributed by atoms with Crippen molar-refractivity contribution in [3.05, 3.63) is 74.9 Å². The van der Waals surface area contributed by atoms with E-state index in [0.717, 1.165) is 18.5 Å². The Morgan fingerprint density at radius 1 is 1.04 bits per heavy atom. The van der Waals surface area contributed by atoms with E-state index in [1.54, 1.807) is 24.3 Å². The summed E-state index contributed by atoms with van der Waals surface area (Å²) in [5, 5.41) is 3.78. The number of H-pyrrole nitrogens is 1. The maximum absolute atomic E-state index is 12.4. The highest BCUT2D eigenvalue weighted by Gasteiger charge is 2.06. The molecule has 0 radical (unpaired) electrons. The number of nitrogens with one attached hydrogen (secondary N) is 2.